The molecule has 4 heterocycles. The number of rotatable bonds is 4. The highest BCUT2D eigenvalue weighted by atomic mass is 32.2. The number of nitrogens with zero attached hydrogens (tertiary/aromatic N) is 2. The predicted octanol–water partition coefficient (Wildman–Crippen LogP) is 6.11. The van der Waals surface area contributed by atoms with Crippen LogP contribution < -0.4 is 5.56 Å². The van der Waals surface area contributed by atoms with E-state index >= 15 is 0 Å². The Hall–Kier alpha value is -2.48. The van der Waals surface area contributed by atoms with E-state index in [1.165, 1.54) is 11.3 Å². The molecule has 4 aromatic heterocycles. The van der Waals surface area contributed by atoms with Gasteiger partial charge < -0.3 is 4.98 Å². The molecule has 0 radical (unpaired) electrons. The summed E-state index contributed by atoms with van der Waals surface area (Å²) in [4.78, 5) is 27.1. The highest BCUT2D eigenvalue weighted by Gasteiger charge is 2.17. The van der Waals surface area contributed by atoms with Crippen molar-refractivity contribution in [2.24, 2.45) is 0 Å². The predicted molar refractivity (Wildman–Crippen MR) is 120 cm³/mol. The molecular weight excluding hydrogens is 406 g/mol. The number of aromatic nitrogens is 3. The molecule has 0 saturated carbocycles. The maximum atomic E-state index is 12.8. The van der Waals surface area contributed by atoms with Crippen LogP contribution in [0.15, 0.2) is 69.1 Å². The number of para-hydroxylation sites is 1. The van der Waals surface area contributed by atoms with E-state index in [1.807, 2.05) is 54.1 Å². The summed E-state index contributed by atoms with van der Waals surface area (Å²) in [6, 6.07) is 16.2. The molecule has 0 saturated heterocycles. The number of thioether (sulfide) groups is 1. The van der Waals surface area contributed by atoms with Crippen molar-refractivity contribution in [3.63, 3.8) is 0 Å². The molecule has 0 bridgehead atoms. The van der Waals surface area contributed by atoms with E-state index in [4.69, 9.17) is 9.97 Å². The van der Waals surface area contributed by atoms with Gasteiger partial charge in [-0.25, -0.2) is 9.97 Å². The van der Waals surface area contributed by atoms with Crippen molar-refractivity contribution in [1.82, 2.24) is 15.0 Å². The third-order valence-electron chi connectivity index (χ3n) is 4.50. The number of hydrogen-bond donors (Lipinski definition) is 1. The molecule has 0 aliphatic heterocycles. The van der Waals surface area contributed by atoms with Gasteiger partial charge in [0.15, 0.2) is 0 Å². The van der Waals surface area contributed by atoms with Gasteiger partial charge in [0, 0.05) is 21.2 Å². The minimum Gasteiger partial charge on any atom is -0.309 e. The van der Waals surface area contributed by atoms with Crippen LogP contribution in [0.3, 0.4) is 0 Å². The number of fused-ring (bicyclic) bond motifs is 2. The largest absolute Gasteiger partial charge is 0.309 e. The van der Waals surface area contributed by atoms with E-state index in [9.17, 15) is 4.79 Å². The van der Waals surface area contributed by atoms with Gasteiger partial charge in [-0.2, -0.15) is 0 Å². The minimum atomic E-state index is -0.0800. The van der Waals surface area contributed by atoms with Crippen LogP contribution >= 0.6 is 34.4 Å². The molecule has 1 atom stereocenters. The second-order valence-corrected chi connectivity index (χ2v) is 9.53. The lowest BCUT2D eigenvalue weighted by Crippen LogP contribution is -2.12. The van der Waals surface area contributed by atoms with Crippen LogP contribution in [0, 0.1) is 0 Å². The maximum Gasteiger partial charge on any atom is 0.260 e. The number of thiophene rings is 2. The summed E-state index contributed by atoms with van der Waals surface area (Å²) in [5.41, 5.74) is 1.85. The fraction of sp³-hybridized carbons (Fsp3) is 0.0952. The summed E-state index contributed by atoms with van der Waals surface area (Å²) in [7, 11) is 0. The number of H-pyrrole nitrogens is 1. The van der Waals surface area contributed by atoms with Crippen LogP contribution in [0.1, 0.15) is 18.0 Å². The third kappa shape index (κ3) is 3.15. The summed E-state index contributed by atoms with van der Waals surface area (Å²) in [5, 5.41) is 6.73. The van der Waals surface area contributed by atoms with Gasteiger partial charge in [0.2, 0.25) is 0 Å². The monoisotopic (exact) mass is 421 g/mol. The summed E-state index contributed by atoms with van der Waals surface area (Å²) in [5.74, 6) is 0.678. The van der Waals surface area contributed by atoms with Crippen LogP contribution in [0.5, 0.6) is 0 Å². The molecule has 1 aromatic carbocycles. The summed E-state index contributed by atoms with van der Waals surface area (Å²) < 4.78 is 0. The molecule has 1 unspecified atom stereocenters. The molecule has 0 fully saturated rings. The molecule has 7 heteroatoms. The highest BCUT2D eigenvalue weighted by Crippen LogP contribution is 2.36. The molecule has 0 spiro atoms. The Balaban J connectivity index is 1.49. The van der Waals surface area contributed by atoms with Gasteiger partial charge in [0.25, 0.3) is 5.56 Å². The van der Waals surface area contributed by atoms with E-state index in [2.05, 4.69) is 17.1 Å². The summed E-state index contributed by atoms with van der Waals surface area (Å²) in [6.45, 7) is 2.04. The van der Waals surface area contributed by atoms with E-state index in [1.54, 1.807) is 23.1 Å². The third-order valence-corrected chi connectivity index (χ3v) is 7.33. The lowest BCUT2D eigenvalue weighted by atomic mass is 10.2. The first-order valence-electron chi connectivity index (χ1n) is 8.77. The zero-order chi connectivity index (χ0) is 19.1. The lowest BCUT2D eigenvalue weighted by Gasteiger charge is -2.10. The summed E-state index contributed by atoms with van der Waals surface area (Å²) >= 11 is 4.74. The van der Waals surface area contributed by atoms with Crippen molar-refractivity contribution in [1.29, 1.82) is 0 Å². The van der Waals surface area contributed by atoms with Crippen LogP contribution in [0.4, 0.5) is 0 Å². The van der Waals surface area contributed by atoms with Crippen molar-refractivity contribution in [2.75, 3.05) is 0 Å². The Labute approximate surface area is 173 Å². The molecule has 1 N–H and O–H groups in total. The van der Waals surface area contributed by atoms with Gasteiger partial charge >= 0.3 is 0 Å². The summed E-state index contributed by atoms with van der Waals surface area (Å²) in [6.07, 6.45) is 0. The number of nitrogens with one attached hydrogen (secondary N) is 1. The smallest absolute Gasteiger partial charge is 0.260 e. The van der Waals surface area contributed by atoms with Gasteiger partial charge in [-0.05, 0) is 30.5 Å². The van der Waals surface area contributed by atoms with Gasteiger partial charge in [-0.15, -0.1) is 22.7 Å². The molecule has 28 heavy (non-hydrogen) atoms. The normalized spacial score (nSPS) is 12.6. The Morgan fingerprint density at radius 3 is 2.79 bits per heavy atom. The first-order valence-corrected chi connectivity index (χ1v) is 11.4. The van der Waals surface area contributed by atoms with Crippen molar-refractivity contribution < 1.29 is 0 Å². The average molecular weight is 422 g/mol. The zero-order valence-electron chi connectivity index (χ0n) is 14.9. The Morgan fingerprint density at radius 1 is 1.04 bits per heavy atom. The zero-order valence-corrected chi connectivity index (χ0v) is 17.3. The minimum absolute atomic E-state index is 0.0157. The standard InChI is InChI=1S/C21H15N3OS3/c1-12(28-17-9-8-13-5-2-3-6-15(13)22-17)19-23-20(25)18-14(11-27-21(18)24-19)16-7-4-10-26-16/h2-12H,1H3,(H,23,24,25). The van der Waals surface area contributed by atoms with Crippen LogP contribution in [0.25, 0.3) is 31.6 Å². The maximum absolute atomic E-state index is 12.8. The van der Waals surface area contributed by atoms with Crippen molar-refractivity contribution in [3.05, 3.63) is 75.5 Å². The number of benzene rings is 1. The fourth-order valence-corrected chi connectivity index (χ4v) is 5.77. The van der Waals surface area contributed by atoms with Gasteiger partial charge in [0.1, 0.15) is 10.7 Å². The molecule has 0 aliphatic carbocycles. The van der Waals surface area contributed by atoms with Crippen LogP contribution in [-0.2, 0) is 0 Å². The topological polar surface area (TPSA) is 58.6 Å². The fourth-order valence-electron chi connectivity index (χ4n) is 3.12. The molecule has 0 amide bonds. The molecular formula is C21H15N3OS3. The van der Waals surface area contributed by atoms with E-state index in [0.29, 0.717) is 11.2 Å². The van der Waals surface area contributed by atoms with Crippen molar-refractivity contribution >= 4 is 55.6 Å². The number of hydrogen-bond acceptors (Lipinski definition) is 6. The van der Waals surface area contributed by atoms with E-state index in [-0.39, 0.29) is 10.8 Å². The van der Waals surface area contributed by atoms with Gasteiger partial charge in [-0.3, -0.25) is 4.79 Å². The number of aromatic amines is 1. The van der Waals surface area contributed by atoms with E-state index < -0.39 is 0 Å². The van der Waals surface area contributed by atoms with Gasteiger partial charge in [0.05, 0.1) is 21.2 Å². The first kappa shape index (κ1) is 17.6. The molecule has 0 aliphatic rings. The molecule has 4 nitrogen and oxygen atoms in total. The Morgan fingerprint density at radius 2 is 1.93 bits per heavy atom. The SMILES string of the molecule is CC(Sc1ccc2ccccc2n1)c1nc2scc(-c3cccs3)c2c(=O)[nH]1. The quantitative estimate of drug-likeness (QED) is 0.355. The van der Waals surface area contributed by atoms with Gasteiger partial charge in [-0.1, -0.05) is 42.1 Å². The number of pyridine rings is 1. The van der Waals surface area contributed by atoms with Crippen molar-refractivity contribution in [3.8, 4) is 10.4 Å². The Bertz CT molecular complexity index is 1340. The second kappa shape index (κ2) is 7.16. The average Bonchev–Trinajstić information content (AvgIpc) is 3.37. The molecule has 5 rings (SSSR count). The molecule has 138 valence electrons. The first-order chi connectivity index (χ1) is 13.7. The Kier molecular flexibility index (Phi) is 4.50. The lowest BCUT2D eigenvalue weighted by molar-refractivity contribution is 0.922. The van der Waals surface area contributed by atoms with Crippen LogP contribution in [-0.4, -0.2) is 15.0 Å². The van der Waals surface area contributed by atoms with E-state index in [0.717, 1.165) is 31.2 Å². The second-order valence-electron chi connectivity index (χ2n) is 6.36. The van der Waals surface area contributed by atoms with Crippen molar-refractivity contribution in [2.45, 2.75) is 17.2 Å². The molecule has 5 aromatic rings. The highest BCUT2D eigenvalue weighted by molar-refractivity contribution is 7.99. The van der Waals surface area contributed by atoms with Crippen LogP contribution in [0.2, 0.25) is 0 Å².